The quantitative estimate of drug-likeness (QED) is 0.673. The number of primary amides is 1. The maximum atomic E-state index is 11.8. The van der Waals surface area contributed by atoms with Crippen molar-refractivity contribution in [2.24, 2.45) is 11.7 Å². The van der Waals surface area contributed by atoms with Crippen molar-refractivity contribution in [3.05, 3.63) is 35.4 Å². The van der Waals surface area contributed by atoms with E-state index in [2.05, 4.69) is 5.32 Å². The first-order valence-electron chi connectivity index (χ1n) is 8.03. The van der Waals surface area contributed by atoms with E-state index in [1.54, 1.807) is 45.0 Å². The molecule has 0 saturated heterocycles. The van der Waals surface area contributed by atoms with Crippen LogP contribution in [-0.4, -0.2) is 34.7 Å². The molecule has 8 heteroatoms. The first-order chi connectivity index (χ1) is 12.0. The predicted octanol–water partition coefficient (Wildman–Crippen LogP) is 1.57. The standard InChI is InChI=1S/C18H23N3O5/c1-18(2,3)26-17(25)21-14(16(23)24)9-13(15(20)22)8-11-6-4-5-7-12(11)10-19/h4-7,13-14H,8-9H2,1-3H3,(H2,20,22)(H,21,25)(H,23,24)/t13?,14-/m0/s1. The molecule has 2 atom stereocenters. The first-order valence-corrected chi connectivity index (χ1v) is 8.03. The second-order valence-electron chi connectivity index (χ2n) is 6.85. The highest BCUT2D eigenvalue weighted by atomic mass is 16.6. The van der Waals surface area contributed by atoms with Crippen LogP contribution in [0.15, 0.2) is 24.3 Å². The smallest absolute Gasteiger partial charge is 0.408 e. The third kappa shape index (κ3) is 6.81. The van der Waals surface area contributed by atoms with Crippen LogP contribution in [0.3, 0.4) is 0 Å². The number of rotatable bonds is 7. The molecule has 0 fully saturated rings. The fraction of sp³-hybridized carbons (Fsp3) is 0.444. The molecule has 4 N–H and O–H groups in total. The van der Waals surface area contributed by atoms with Crippen molar-refractivity contribution in [3.8, 4) is 6.07 Å². The summed E-state index contributed by atoms with van der Waals surface area (Å²) in [5.41, 5.74) is 5.57. The summed E-state index contributed by atoms with van der Waals surface area (Å²) in [5, 5.41) is 20.7. The van der Waals surface area contributed by atoms with E-state index < -0.39 is 35.5 Å². The van der Waals surface area contributed by atoms with E-state index in [0.717, 1.165) is 0 Å². The van der Waals surface area contributed by atoms with Gasteiger partial charge >= 0.3 is 12.1 Å². The van der Waals surface area contributed by atoms with E-state index in [4.69, 9.17) is 15.7 Å². The van der Waals surface area contributed by atoms with Crippen LogP contribution in [0.5, 0.6) is 0 Å². The number of nitrogens with zero attached hydrogens (tertiary/aromatic N) is 1. The molecule has 1 unspecified atom stereocenters. The van der Waals surface area contributed by atoms with Crippen LogP contribution in [0.2, 0.25) is 0 Å². The number of amides is 2. The normalized spacial score (nSPS) is 13.2. The van der Waals surface area contributed by atoms with Crippen LogP contribution < -0.4 is 11.1 Å². The Labute approximate surface area is 151 Å². The van der Waals surface area contributed by atoms with Gasteiger partial charge in [-0.2, -0.15) is 5.26 Å². The highest BCUT2D eigenvalue weighted by Gasteiger charge is 2.29. The van der Waals surface area contributed by atoms with Crippen molar-refractivity contribution < 1.29 is 24.2 Å². The summed E-state index contributed by atoms with van der Waals surface area (Å²) in [5.74, 6) is -2.90. The number of aliphatic carboxylic acids is 1. The second-order valence-corrected chi connectivity index (χ2v) is 6.85. The minimum atomic E-state index is -1.35. The van der Waals surface area contributed by atoms with Crippen molar-refractivity contribution >= 4 is 18.0 Å². The molecule has 0 aliphatic heterocycles. The minimum absolute atomic E-state index is 0.0961. The molecule has 0 bridgehead atoms. The number of carbonyl (C=O) groups is 3. The fourth-order valence-electron chi connectivity index (χ4n) is 2.33. The molecular formula is C18H23N3O5. The van der Waals surface area contributed by atoms with Crippen LogP contribution in [0.4, 0.5) is 4.79 Å². The molecule has 0 aliphatic carbocycles. The third-order valence-corrected chi connectivity index (χ3v) is 3.52. The van der Waals surface area contributed by atoms with Gasteiger partial charge in [-0.3, -0.25) is 4.79 Å². The van der Waals surface area contributed by atoms with Crippen LogP contribution in [0.25, 0.3) is 0 Å². The fourth-order valence-corrected chi connectivity index (χ4v) is 2.33. The Hall–Kier alpha value is -3.08. The van der Waals surface area contributed by atoms with Crippen LogP contribution >= 0.6 is 0 Å². The average Bonchev–Trinajstić information content (AvgIpc) is 2.51. The molecule has 8 nitrogen and oxygen atoms in total. The third-order valence-electron chi connectivity index (χ3n) is 3.52. The number of hydrogen-bond acceptors (Lipinski definition) is 5. The Kier molecular flexibility index (Phi) is 7.14. The number of carboxylic acids is 1. The lowest BCUT2D eigenvalue weighted by Crippen LogP contribution is -2.46. The van der Waals surface area contributed by atoms with Crippen molar-refractivity contribution in [1.29, 1.82) is 5.26 Å². The number of carbonyl (C=O) groups excluding carboxylic acids is 2. The lowest BCUT2D eigenvalue weighted by Gasteiger charge is -2.23. The molecule has 26 heavy (non-hydrogen) atoms. The van der Waals surface area contributed by atoms with Gasteiger partial charge in [0.25, 0.3) is 0 Å². The Bertz CT molecular complexity index is 718. The summed E-state index contributed by atoms with van der Waals surface area (Å²) in [6.07, 6.45) is -1.02. The summed E-state index contributed by atoms with van der Waals surface area (Å²) >= 11 is 0. The Morgan fingerprint density at radius 3 is 2.42 bits per heavy atom. The average molecular weight is 361 g/mol. The second kappa shape index (κ2) is 8.85. The molecule has 1 aromatic rings. The molecule has 0 spiro atoms. The van der Waals surface area contributed by atoms with Gasteiger partial charge in [-0.1, -0.05) is 18.2 Å². The van der Waals surface area contributed by atoms with Crippen molar-refractivity contribution in [3.63, 3.8) is 0 Å². The van der Waals surface area contributed by atoms with E-state index in [9.17, 15) is 19.5 Å². The molecule has 1 rings (SSSR count). The Morgan fingerprint density at radius 1 is 1.31 bits per heavy atom. The van der Waals surface area contributed by atoms with E-state index >= 15 is 0 Å². The largest absolute Gasteiger partial charge is 0.480 e. The lowest BCUT2D eigenvalue weighted by molar-refractivity contribution is -0.140. The molecule has 0 aliphatic rings. The van der Waals surface area contributed by atoms with Gasteiger partial charge in [-0.15, -0.1) is 0 Å². The molecule has 0 saturated carbocycles. The number of nitrogens with one attached hydrogen (secondary N) is 1. The van der Waals surface area contributed by atoms with Crippen molar-refractivity contribution in [1.82, 2.24) is 5.32 Å². The number of ether oxygens (including phenoxy) is 1. The van der Waals surface area contributed by atoms with Gasteiger partial charge in [-0.25, -0.2) is 9.59 Å². The SMILES string of the molecule is CC(C)(C)OC(=O)N[C@@H](CC(Cc1ccccc1C#N)C(N)=O)C(=O)O. The summed E-state index contributed by atoms with van der Waals surface area (Å²) in [6.45, 7) is 4.94. The molecule has 1 aromatic carbocycles. The summed E-state index contributed by atoms with van der Waals surface area (Å²) < 4.78 is 5.04. The topological polar surface area (TPSA) is 143 Å². The number of nitrogens with two attached hydrogens (primary N) is 1. The number of benzene rings is 1. The van der Waals surface area contributed by atoms with Gasteiger partial charge in [0.1, 0.15) is 11.6 Å². The Morgan fingerprint density at radius 2 is 1.92 bits per heavy atom. The summed E-state index contributed by atoms with van der Waals surface area (Å²) in [7, 11) is 0. The lowest BCUT2D eigenvalue weighted by atomic mass is 9.90. The van der Waals surface area contributed by atoms with E-state index in [0.29, 0.717) is 11.1 Å². The zero-order valence-corrected chi connectivity index (χ0v) is 15.0. The van der Waals surface area contributed by atoms with E-state index in [1.165, 1.54) is 0 Å². The van der Waals surface area contributed by atoms with Gasteiger partial charge in [0.2, 0.25) is 5.91 Å². The molecular weight excluding hydrogens is 338 g/mol. The van der Waals surface area contributed by atoms with Crippen molar-refractivity contribution in [2.75, 3.05) is 0 Å². The maximum Gasteiger partial charge on any atom is 0.408 e. The molecule has 0 radical (unpaired) electrons. The monoisotopic (exact) mass is 361 g/mol. The van der Waals surface area contributed by atoms with E-state index in [-0.39, 0.29) is 12.8 Å². The highest BCUT2D eigenvalue weighted by Crippen LogP contribution is 2.18. The number of nitriles is 1. The van der Waals surface area contributed by atoms with Crippen LogP contribution in [0.1, 0.15) is 38.3 Å². The van der Waals surface area contributed by atoms with Gasteiger partial charge in [-0.05, 0) is 45.2 Å². The summed E-state index contributed by atoms with van der Waals surface area (Å²) in [4.78, 5) is 35.1. The Balaban J connectivity index is 2.91. The predicted molar refractivity (Wildman–Crippen MR) is 93.0 cm³/mol. The van der Waals surface area contributed by atoms with E-state index in [1.807, 2.05) is 6.07 Å². The number of carboxylic acid groups (broad SMARTS) is 1. The highest BCUT2D eigenvalue weighted by molar-refractivity contribution is 5.82. The molecule has 140 valence electrons. The number of hydrogen-bond donors (Lipinski definition) is 3. The van der Waals surface area contributed by atoms with Crippen LogP contribution in [0, 0.1) is 17.2 Å². The summed E-state index contributed by atoms with van der Waals surface area (Å²) in [6, 6.07) is 7.33. The van der Waals surface area contributed by atoms with Crippen molar-refractivity contribution in [2.45, 2.75) is 45.3 Å². The van der Waals surface area contributed by atoms with Gasteiger partial charge in [0.05, 0.1) is 11.6 Å². The van der Waals surface area contributed by atoms with Gasteiger partial charge in [0, 0.05) is 5.92 Å². The zero-order valence-electron chi connectivity index (χ0n) is 15.0. The first kappa shape index (κ1) is 21.0. The van der Waals surface area contributed by atoms with Gasteiger partial charge in [0.15, 0.2) is 0 Å². The van der Waals surface area contributed by atoms with Gasteiger partial charge < -0.3 is 20.9 Å². The molecule has 0 heterocycles. The minimum Gasteiger partial charge on any atom is -0.480 e. The van der Waals surface area contributed by atoms with Crippen LogP contribution in [-0.2, 0) is 20.7 Å². The zero-order chi connectivity index (χ0) is 19.9. The number of alkyl carbamates (subject to hydrolysis) is 1. The molecule has 2 amide bonds. The maximum absolute atomic E-state index is 11.8. The molecule has 0 aromatic heterocycles.